The van der Waals surface area contributed by atoms with Gasteiger partial charge >= 0.3 is 0 Å². The van der Waals surface area contributed by atoms with Crippen molar-refractivity contribution in [2.24, 2.45) is 0 Å². The molecule has 0 heterocycles. The van der Waals surface area contributed by atoms with E-state index < -0.39 is 0 Å². The van der Waals surface area contributed by atoms with Crippen LogP contribution in [0.5, 0.6) is 0 Å². The highest BCUT2D eigenvalue weighted by Gasteiger charge is 2.01. The summed E-state index contributed by atoms with van der Waals surface area (Å²) in [5, 5.41) is 3.58. The minimum absolute atomic E-state index is 0.583. The molecule has 0 saturated carbocycles. The van der Waals surface area contributed by atoms with Gasteiger partial charge in [-0.05, 0) is 37.5 Å². The van der Waals surface area contributed by atoms with Crippen LogP contribution in [0.3, 0.4) is 0 Å². The summed E-state index contributed by atoms with van der Waals surface area (Å²) >= 11 is 0. The number of nitrogens with one attached hydrogen (secondary N) is 1. The molecule has 1 atom stereocenters. The molecule has 1 nitrogen and oxygen atoms in total. The van der Waals surface area contributed by atoms with E-state index in [1.807, 2.05) is 0 Å². The van der Waals surface area contributed by atoms with Crippen LogP contribution in [0.4, 0.5) is 5.69 Å². The smallest absolute Gasteiger partial charge is 0.0342 e. The van der Waals surface area contributed by atoms with Gasteiger partial charge in [-0.25, -0.2) is 0 Å². The Bertz CT molecular complexity index is 302. The van der Waals surface area contributed by atoms with E-state index in [0.717, 1.165) is 6.42 Å². The molecule has 102 valence electrons. The molecular formula is C17H29N. The van der Waals surface area contributed by atoms with E-state index in [1.165, 1.54) is 49.8 Å². The Morgan fingerprint density at radius 3 is 2.22 bits per heavy atom. The lowest BCUT2D eigenvalue weighted by Crippen LogP contribution is -2.14. The van der Waals surface area contributed by atoms with Crippen molar-refractivity contribution in [2.45, 2.75) is 71.8 Å². The predicted molar refractivity (Wildman–Crippen MR) is 82.3 cm³/mol. The molecule has 1 rings (SSSR count). The zero-order valence-corrected chi connectivity index (χ0v) is 12.3. The van der Waals surface area contributed by atoms with Crippen molar-refractivity contribution in [1.82, 2.24) is 0 Å². The van der Waals surface area contributed by atoms with Gasteiger partial charge in [0.2, 0.25) is 0 Å². The van der Waals surface area contributed by atoms with Crippen molar-refractivity contribution in [3.8, 4) is 0 Å². The average Bonchev–Trinajstić information content (AvgIpc) is 2.39. The second-order valence-corrected chi connectivity index (χ2v) is 5.30. The molecule has 0 fully saturated rings. The van der Waals surface area contributed by atoms with Gasteiger partial charge in [0, 0.05) is 11.7 Å². The number of rotatable bonds is 9. The molecule has 1 aromatic carbocycles. The number of aryl methyl sites for hydroxylation is 1. The molecule has 0 aliphatic carbocycles. The molecular weight excluding hydrogens is 218 g/mol. The zero-order chi connectivity index (χ0) is 13.2. The largest absolute Gasteiger partial charge is 0.383 e. The summed E-state index contributed by atoms with van der Waals surface area (Å²) in [6.07, 6.45) is 9.24. The highest BCUT2D eigenvalue weighted by atomic mass is 14.9. The molecule has 0 radical (unpaired) electrons. The molecule has 0 aliphatic rings. The first-order valence-electron chi connectivity index (χ1n) is 7.61. The minimum atomic E-state index is 0.583. The fourth-order valence-electron chi connectivity index (χ4n) is 2.25. The molecule has 1 heteroatoms. The minimum Gasteiger partial charge on any atom is -0.383 e. The van der Waals surface area contributed by atoms with E-state index in [-0.39, 0.29) is 0 Å². The summed E-state index contributed by atoms with van der Waals surface area (Å²) in [5.74, 6) is 0. The Labute approximate surface area is 113 Å². The van der Waals surface area contributed by atoms with Crippen molar-refractivity contribution >= 4 is 5.69 Å². The van der Waals surface area contributed by atoms with Gasteiger partial charge in [-0.2, -0.15) is 0 Å². The van der Waals surface area contributed by atoms with Gasteiger partial charge < -0.3 is 5.32 Å². The SMILES string of the molecule is CCCCCCCC(C)Nc1ccc(CC)cc1. The van der Waals surface area contributed by atoms with Gasteiger partial charge in [0.05, 0.1) is 0 Å². The Kier molecular flexibility index (Phi) is 7.55. The fraction of sp³-hybridized carbons (Fsp3) is 0.647. The maximum Gasteiger partial charge on any atom is 0.0342 e. The van der Waals surface area contributed by atoms with E-state index in [9.17, 15) is 0 Å². The van der Waals surface area contributed by atoms with Crippen LogP contribution in [0.1, 0.15) is 64.9 Å². The molecule has 0 amide bonds. The van der Waals surface area contributed by atoms with Crippen LogP contribution >= 0.6 is 0 Å². The molecule has 18 heavy (non-hydrogen) atoms. The Balaban J connectivity index is 2.20. The van der Waals surface area contributed by atoms with Gasteiger partial charge in [-0.1, -0.05) is 58.1 Å². The maximum atomic E-state index is 3.58. The van der Waals surface area contributed by atoms with Crippen molar-refractivity contribution in [1.29, 1.82) is 0 Å². The third-order valence-corrected chi connectivity index (χ3v) is 3.52. The summed E-state index contributed by atoms with van der Waals surface area (Å²) in [7, 11) is 0. The fourth-order valence-corrected chi connectivity index (χ4v) is 2.25. The Morgan fingerprint density at radius 2 is 1.61 bits per heavy atom. The second kappa shape index (κ2) is 9.02. The number of benzene rings is 1. The van der Waals surface area contributed by atoms with Crippen LogP contribution in [0.25, 0.3) is 0 Å². The molecule has 0 aromatic heterocycles. The molecule has 0 aliphatic heterocycles. The number of anilines is 1. The van der Waals surface area contributed by atoms with E-state index in [0.29, 0.717) is 6.04 Å². The summed E-state index contributed by atoms with van der Waals surface area (Å²) < 4.78 is 0. The van der Waals surface area contributed by atoms with Crippen LogP contribution in [0.2, 0.25) is 0 Å². The molecule has 0 saturated heterocycles. The average molecular weight is 247 g/mol. The van der Waals surface area contributed by atoms with Crippen LogP contribution in [-0.4, -0.2) is 6.04 Å². The Morgan fingerprint density at radius 1 is 0.944 bits per heavy atom. The number of hydrogen-bond acceptors (Lipinski definition) is 1. The topological polar surface area (TPSA) is 12.0 Å². The third-order valence-electron chi connectivity index (χ3n) is 3.52. The maximum absolute atomic E-state index is 3.58. The lowest BCUT2D eigenvalue weighted by Gasteiger charge is -2.15. The van der Waals surface area contributed by atoms with E-state index in [1.54, 1.807) is 0 Å². The third kappa shape index (κ3) is 6.09. The van der Waals surface area contributed by atoms with Crippen molar-refractivity contribution < 1.29 is 0 Å². The molecule has 0 bridgehead atoms. The highest BCUT2D eigenvalue weighted by molar-refractivity contribution is 5.45. The summed E-state index contributed by atoms with van der Waals surface area (Å²) in [5.41, 5.74) is 2.67. The monoisotopic (exact) mass is 247 g/mol. The summed E-state index contributed by atoms with van der Waals surface area (Å²) in [6, 6.07) is 9.42. The van der Waals surface area contributed by atoms with Gasteiger partial charge in [-0.15, -0.1) is 0 Å². The van der Waals surface area contributed by atoms with Crippen LogP contribution < -0.4 is 5.32 Å². The van der Waals surface area contributed by atoms with E-state index in [4.69, 9.17) is 0 Å². The number of hydrogen-bond donors (Lipinski definition) is 1. The standard InChI is InChI=1S/C17H29N/c1-4-6-7-8-9-10-15(3)18-17-13-11-16(5-2)12-14-17/h11-15,18H,4-10H2,1-3H3. The number of unbranched alkanes of at least 4 members (excludes halogenated alkanes) is 4. The van der Waals surface area contributed by atoms with Gasteiger partial charge in [0.1, 0.15) is 0 Å². The van der Waals surface area contributed by atoms with E-state index in [2.05, 4.69) is 50.4 Å². The van der Waals surface area contributed by atoms with Crippen molar-refractivity contribution in [3.05, 3.63) is 29.8 Å². The quantitative estimate of drug-likeness (QED) is 0.575. The van der Waals surface area contributed by atoms with Crippen molar-refractivity contribution in [3.63, 3.8) is 0 Å². The lowest BCUT2D eigenvalue weighted by atomic mass is 10.1. The summed E-state index contributed by atoms with van der Waals surface area (Å²) in [6.45, 7) is 6.75. The Hall–Kier alpha value is -0.980. The normalized spacial score (nSPS) is 12.4. The van der Waals surface area contributed by atoms with Crippen LogP contribution in [-0.2, 0) is 6.42 Å². The first-order valence-corrected chi connectivity index (χ1v) is 7.61. The molecule has 1 unspecified atom stereocenters. The summed E-state index contributed by atoms with van der Waals surface area (Å²) in [4.78, 5) is 0. The molecule has 0 spiro atoms. The molecule has 1 N–H and O–H groups in total. The molecule has 1 aromatic rings. The lowest BCUT2D eigenvalue weighted by molar-refractivity contribution is 0.578. The first kappa shape index (κ1) is 15.1. The van der Waals surface area contributed by atoms with E-state index >= 15 is 0 Å². The van der Waals surface area contributed by atoms with Crippen LogP contribution in [0.15, 0.2) is 24.3 Å². The van der Waals surface area contributed by atoms with Gasteiger partial charge in [-0.3, -0.25) is 0 Å². The second-order valence-electron chi connectivity index (χ2n) is 5.30. The van der Waals surface area contributed by atoms with Crippen LogP contribution in [0, 0.1) is 0 Å². The van der Waals surface area contributed by atoms with Gasteiger partial charge in [0.15, 0.2) is 0 Å². The van der Waals surface area contributed by atoms with Crippen molar-refractivity contribution in [2.75, 3.05) is 5.32 Å². The first-order chi connectivity index (χ1) is 8.76. The zero-order valence-electron chi connectivity index (χ0n) is 12.3. The van der Waals surface area contributed by atoms with Gasteiger partial charge in [0.25, 0.3) is 0 Å². The predicted octanol–water partition coefficient (Wildman–Crippen LogP) is 5.41. The highest BCUT2D eigenvalue weighted by Crippen LogP contribution is 2.14.